The van der Waals surface area contributed by atoms with Crippen LogP contribution in [0.2, 0.25) is 0 Å². The summed E-state index contributed by atoms with van der Waals surface area (Å²) in [4.78, 5) is 15.5. The van der Waals surface area contributed by atoms with Crippen molar-refractivity contribution in [3.8, 4) is 0 Å². The van der Waals surface area contributed by atoms with Gasteiger partial charge >= 0.3 is 0 Å². The molecule has 2 heterocycles. The average Bonchev–Trinajstić information content (AvgIpc) is 2.90. The van der Waals surface area contributed by atoms with Crippen molar-refractivity contribution >= 4 is 5.91 Å². The maximum Gasteiger partial charge on any atom is 0.249 e. The number of hydrogen-bond donors (Lipinski definition) is 1. The molecule has 0 aromatic carbocycles. The minimum absolute atomic E-state index is 0.0176. The Morgan fingerprint density at radius 2 is 2.60 bits per heavy atom. The molecule has 0 spiro atoms. The summed E-state index contributed by atoms with van der Waals surface area (Å²) < 4.78 is 10.1. The molecule has 1 fully saturated rings. The van der Waals surface area contributed by atoms with Crippen LogP contribution in [0, 0.1) is 0 Å². The van der Waals surface area contributed by atoms with Gasteiger partial charge in [0.25, 0.3) is 0 Å². The molecule has 1 aromatic heterocycles. The summed E-state index contributed by atoms with van der Waals surface area (Å²) >= 11 is 0. The van der Waals surface area contributed by atoms with Crippen molar-refractivity contribution in [1.82, 2.24) is 10.3 Å². The lowest BCUT2D eigenvalue weighted by Crippen LogP contribution is -2.35. The van der Waals surface area contributed by atoms with E-state index in [2.05, 4.69) is 10.3 Å². The summed E-state index contributed by atoms with van der Waals surface area (Å²) in [6, 6.07) is 0. The SMILES string of the molecule is O=C(NCCc1cocn1)C1CCCO1. The van der Waals surface area contributed by atoms with Crippen LogP contribution in [0.25, 0.3) is 0 Å². The van der Waals surface area contributed by atoms with E-state index in [1.807, 2.05) is 0 Å². The summed E-state index contributed by atoms with van der Waals surface area (Å²) in [5.74, 6) is -0.0176. The standard InChI is InChI=1S/C10H14N2O3/c13-10(9-2-1-5-15-9)11-4-3-8-6-14-7-12-8/h6-7,9H,1-5H2,(H,11,13). The van der Waals surface area contributed by atoms with Crippen LogP contribution in [0.5, 0.6) is 0 Å². The molecule has 2 rings (SSSR count). The molecule has 15 heavy (non-hydrogen) atoms. The molecule has 1 aliphatic rings. The molecule has 5 nitrogen and oxygen atoms in total. The van der Waals surface area contributed by atoms with E-state index >= 15 is 0 Å². The summed E-state index contributed by atoms with van der Waals surface area (Å²) in [5, 5.41) is 2.82. The number of rotatable bonds is 4. The van der Waals surface area contributed by atoms with Crippen molar-refractivity contribution in [3.05, 3.63) is 18.4 Å². The fourth-order valence-electron chi connectivity index (χ4n) is 1.57. The van der Waals surface area contributed by atoms with Gasteiger partial charge < -0.3 is 14.5 Å². The zero-order chi connectivity index (χ0) is 10.5. The number of hydrogen-bond acceptors (Lipinski definition) is 4. The minimum Gasteiger partial charge on any atom is -0.451 e. The molecule has 1 atom stereocenters. The Morgan fingerprint density at radius 3 is 3.27 bits per heavy atom. The first kappa shape index (κ1) is 10.2. The van der Waals surface area contributed by atoms with Crippen molar-refractivity contribution in [2.75, 3.05) is 13.2 Å². The minimum atomic E-state index is -0.248. The number of nitrogens with zero attached hydrogens (tertiary/aromatic N) is 1. The fraction of sp³-hybridized carbons (Fsp3) is 0.600. The van der Waals surface area contributed by atoms with E-state index in [1.54, 1.807) is 6.26 Å². The van der Waals surface area contributed by atoms with Crippen LogP contribution in [0.3, 0.4) is 0 Å². The number of nitrogens with one attached hydrogen (secondary N) is 1. The van der Waals surface area contributed by atoms with E-state index in [-0.39, 0.29) is 12.0 Å². The lowest BCUT2D eigenvalue weighted by atomic mass is 10.2. The number of carbonyl (C=O) groups excluding carboxylic acids is 1. The Labute approximate surface area is 87.8 Å². The van der Waals surface area contributed by atoms with Gasteiger partial charge in [-0.2, -0.15) is 0 Å². The first-order valence-electron chi connectivity index (χ1n) is 5.12. The van der Waals surface area contributed by atoms with Crippen molar-refractivity contribution in [3.63, 3.8) is 0 Å². The Bertz CT molecular complexity index is 304. The first-order valence-corrected chi connectivity index (χ1v) is 5.12. The molecule has 1 saturated heterocycles. The number of oxazole rings is 1. The first-order chi connectivity index (χ1) is 7.36. The van der Waals surface area contributed by atoms with Crippen molar-refractivity contribution in [1.29, 1.82) is 0 Å². The Hall–Kier alpha value is -1.36. The quantitative estimate of drug-likeness (QED) is 0.786. The molecule has 1 N–H and O–H groups in total. The summed E-state index contributed by atoms with van der Waals surface area (Å²) in [6.07, 6.45) is 5.21. The van der Waals surface area contributed by atoms with Crippen molar-refractivity contribution in [2.24, 2.45) is 0 Å². The van der Waals surface area contributed by atoms with Gasteiger partial charge in [0.2, 0.25) is 5.91 Å². The monoisotopic (exact) mass is 210 g/mol. The second-order valence-electron chi connectivity index (χ2n) is 3.52. The number of aromatic nitrogens is 1. The number of ether oxygens (including phenoxy) is 1. The lowest BCUT2D eigenvalue weighted by molar-refractivity contribution is -0.129. The van der Waals surface area contributed by atoms with Crippen LogP contribution in [-0.2, 0) is 16.0 Å². The van der Waals surface area contributed by atoms with Gasteiger partial charge in [-0.3, -0.25) is 4.79 Å². The normalized spacial score (nSPS) is 20.4. The molecule has 1 unspecified atom stereocenters. The van der Waals surface area contributed by atoms with E-state index in [0.717, 1.165) is 18.5 Å². The third-order valence-corrected chi connectivity index (χ3v) is 2.39. The lowest BCUT2D eigenvalue weighted by Gasteiger charge is -2.09. The molecule has 1 aliphatic heterocycles. The molecule has 1 amide bonds. The average molecular weight is 210 g/mol. The summed E-state index contributed by atoms with van der Waals surface area (Å²) in [5.41, 5.74) is 0.850. The number of carbonyl (C=O) groups is 1. The Kier molecular flexibility index (Phi) is 3.34. The van der Waals surface area contributed by atoms with E-state index in [4.69, 9.17) is 9.15 Å². The van der Waals surface area contributed by atoms with Crippen molar-refractivity contribution < 1.29 is 13.9 Å². The molecule has 0 saturated carbocycles. The van der Waals surface area contributed by atoms with Gasteiger partial charge in [-0.05, 0) is 12.8 Å². The van der Waals surface area contributed by atoms with Crippen LogP contribution in [0.1, 0.15) is 18.5 Å². The second-order valence-corrected chi connectivity index (χ2v) is 3.52. The predicted molar refractivity (Wildman–Crippen MR) is 52.2 cm³/mol. The maximum atomic E-state index is 11.5. The van der Waals surface area contributed by atoms with Gasteiger partial charge in [0.05, 0.1) is 5.69 Å². The Balaban J connectivity index is 1.67. The highest BCUT2D eigenvalue weighted by Gasteiger charge is 2.22. The fourth-order valence-corrected chi connectivity index (χ4v) is 1.57. The van der Waals surface area contributed by atoms with Crippen LogP contribution >= 0.6 is 0 Å². The van der Waals surface area contributed by atoms with E-state index in [1.165, 1.54) is 6.39 Å². The molecule has 0 radical (unpaired) electrons. The van der Waals surface area contributed by atoms with Crippen LogP contribution < -0.4 is 5.32 Å². The predicted octanol–water partition coefficient (Wildman–Crippen LogP) is 0.512. The topological polar surface area (TPSA) is 64.4 Å². The zero-order valence-electron chi connectivity index (χ0n) is 8.44. The van der Waals surface area contributed by atoms with Crippen LogP contribution in [0.4, 0.5) is 0 Å². The summed E-state index contributed by atoms with van der Waals surface area (Å²) in [6.45, 7) is 1.27. The maximum absolute atomic E-state index is 11.5. The molecule has 1 aromatic rings. The van der Waals surface area contributed by atoms with Crippen molar-refractivity contribution in [2.45, 2.75) is 25.4 Å². The van der Waals surface area contributed by atoms with Gasteiger partial charge in [-0.25, -0.2) is 4.98 Å². The van der Waals surface area contributed by atoms with Crippen LogP contribution in [0.15, 0.2) is 17.1 Å². The zero-order valence-corrected chi connectivity index (χ0v) is 8.44. The molecular weight excluding hydrogens is 196 g/mol. The largest absolute Gasteiger partial charge is 0.451 e. The van der Waals surface area contributed by atoms with Gasteiger partial charge in [0.15, 0.2) is 6.39 Å². The van der Waals surface area contributed by atoms with Gasteiger partial charge in [-0.1, -0.05) is 0 Å². The van der Waals surface area contributed by atoms with Crippen LogP contribution in [-0.4, -0.2) is 30.1 Å². The third kappa shape index (κ3) is 2.79. The molecular formula is C10H14N2O3. The van der Waals surface area contributed by atoms with Gasteiger partial charge in [0, 0.05) is 19.6 Å². The Morgan fingerprint density at radius 1 is 1.67 bits per heavy atom. The molecule has 82 valence electrons. The second kappa shape index (κ2) is 4.93. The molecule has 5 heteroatoms. The van der Waals surface area contributed by atoms with Gasteiger partial charge in [0.1, 0.15) is 12.4 Å². The van der Waals surface area contributed by atoms with E-state index in [9.17, 15) is 4.79 Å². The molecule has 0 bridgehead atoms. The third-order valence-electron chi connectivity index (χ3n) is 2.39. The highest BCUT2D eigenvalue weighted by atomic mass is 16.5. The van der Waals surface area contributed by atoms with E-state index in [0.29, 0.717) is 19.6 Å². The molecule has 0 aliphatic carbocycles. The smallest absolute Gasteiger partial charge is 0.249 e. The van der Waals surface area contributed by atoms with Gasteiger partial charge in [-0.15, -0.1) is 0 Å². The highest BCUT2D eigenvalue weighted by molar-refractivity contribution is 5.80. The number of amides is 1. The van der Waals surface area contributed by atoms with E-state index < -0.39 is 0 Å². The highest BCUT2D eigenvalue weighted by Crippen LogP contribution is 2.11. The summed E-state index contributed by atoms with van der Waals surface area (Å²) in [7, 11) is 0.